The number of methoxy groups -OCH3 is 1. The number of nitrogens with zero attached hydrogens (tertiary/aromatic N) is 2. The number of thiazole rings is 1. The van der Waals surface area contributed by atoms with E-state index in [1.165, 1.54) is 18.4 Å². The number of rotatable bonds is 8. The van der Waals surface area contributed by atoms with E-state index in [4.69, 9.17) is 9.47 Å². The Labute approximate surface area is 210 Å². The molecule has 0 saturated carbocycles. The van der Waals surface area contributed by atoms with Crippen LogP contribution in [0.2, 0.25) is 0 Å². The molecule has 0 fully saturated rings. The minimum atomic E-state index is -0.122. The maximum Gasteiger partial charge on any atom is 0.200 e. The van der Waals surface area contributed by atoms with E-state index in [1.54, 1.807) is 30.3 Å². The van der Waals surface area contributed by atoms with Crippen molar-refractivity contribution in [2.24, 2.45) is 0 Å². The van der Waals surface area contributed by atoms with E-state index in [9.17, 15) is 10.1 Å². The van der Waals surface area contributed by atoms with Crippen LogP contribution >= 0.6 is 27.3 Å². The third-order valence-electron chi connectivity index (χ3n) is 4.93. The Balaban J connectivity index is 1.53. The molecule has 0 saturated heterocycles. The van der Waals surface area contributed by atoms with Crippen molar-refractivity contribution in [1.82, 2.24) is 4.98 Å². The number of aromatic nitrogens is 1. The van der Waals surface area contributed by atoms with Gasteiger partial charge < -0.3 is 9.47 Å². The second-order valence-electron chi connectivity index (χ2n) is 7.21. The van der Waals surface area contributed by atoms with Crippen LogP contribution in [0.1, 0.15) is 20.9 Å². The molecule has 4 rings (SSSR count). The number of allylic oxidation sites excluding steroid dienone is 1. The SMILES string of the molecule is COc1cc(/C=C(/C#N)c2nc(-c3cccc(Br)c3)cs2)ccc1OCC(=O)c1ccccc1. The summed E-state index contributed by atoms with van der Waals surface area (Å²) in [5, 5.41) is 12.3. The normalized spacial score (nSPS) is 11.0. The number of benzene rings is 3. The molecule has 3 aromatic carbocycles. The first kappa shape index (κ1) is 23.4. The number of ketones is 1. The standard InChI is InChI=1S/C27H19BrN2O3S/c1-32-26-13-18(10-11-25(26)33-16-24(31)19-6-3-2-4-7-19)12-21(15-29)27-30-23(17-34-27)20-8-5-9-22(28)14-20/h2-14,17H,16H2,1H3/b21-12-. The molecule has 0 aliphatic carbocycles. The van der Waals surface area contributed by atoms with E-state index in [-0.39, 0.29) is 12.4 Å². The average molecular weight is 531 g/mol. The molecule has 0 radical (unpaired) electrons. The van der Waals surface area contributed by atoms with Gasteiger partial charge in [-0.3, -0.25) is 4.79 Å². The predicted octanol–water partition coefficient (Wildman–Crippen LogP) is 6.91. The van der Waals surface area contributed by atoms with E-state index < -0.39 is 0 Å². The zero-order valence-electron chi connectivity index (χ0n) is 18.2. The van der Waals surface area contributed by atoms with Gasteiger partial charge in [0.2, 0.25) is 0 Å². The second kappa shape index (κ2) is 10.9. The molecular weight excluding hydrogens is 512 g/mol. The van der Waals surface area contributed by atoms with Crippen molar-refractivity contribution in [3.8, 4) is 28.8 Å². The van der Waals surface area contributed by atoms with Crippen LogP contribution < -0.4 is 9.47 Å². The zero-order chi connectivity index (χ0) is 23.9. The number of ether oxygens (including phenoxy) is 2. The van der Waals surface area contributed by atoms with Crippen LogP contribution in [0.5, 0.6) is 11.5 Å². The van der Waals surface area contributed by atoms with Crippen LogP contribution in [0.15, 0.2) is 82.6 Å². The largest absolute Gasteiger partial charge is 0.493 e. The van der Waals surface area contributed by atoms with Crippen LogP contribution in [-0.4, -0.2) is 24.5 Å². The predicted molar refractivity (Wildman–Crippen MR) is 138 cm³/mol. The van der Waals surface area contributed by atoms with Crippen LogP contribution in [0.25, 0.3) is 22.9 Å². The van der Waals surface area contributed by atoms with Gasteiger partial charge in [0.15, 0.2) is 23.9 Å². The highest BCUT2D eigenvalue weighted by atomic mass is 79.9. The Morgan fingerprint density at radius 2 is 1.91 bits per heavy atom. The van der Waals surface area contributed by atoms with Crippen molar-refractivity contribution in [1.29, 1.82) is 5.26 Å². The lowest BCUT2D eigenvalue weighted by atomic mass is 10.1. The molecule has 0 N–H and O–H groups in total. The summed E-state index contributed by atoms with van der Waals surface area (Å²) in [7, 11) is 1.53. The number of Topliss-reactive ketones (excluding diaryl/α,β-unsaturated/α-hetero) is 1. The molecule has 0 amide bonds. The van der Waals surface area contributed by atoms with Crippen molar-refractivity contribution >= 4 is 44.7 Å². The minimum absolute atomic E-state index is 0.101. The molecule has 0 unspecified atom stereocenters. The molecule has 0 atom stereocenters. The first-order valence-electron chi connectivity index (χ1n) is 10.3. The Morgan fingerprint density at radius 1 is 1.09 bits per heavy atom. The average Bonchev–Trinajstić information content (AvgIpc) is 3.37. The maximum atomic E-state index is 12.3. The van der Waals surface area contributed by atoms with Gasteiger partial charge >= 0.3 is 0 Å². The van der Waals surface area contributed by atoms with E-state index in [2.05, 4.69) is 27.0 Å². The van der Waals surface area contributed by atoms with Crippen molar-refractivity contribution in [2.45, 2.75) is 0 Å². The van der Waals surface area contributed by atoms with Crippen LogP contribution in [0.4, 0.5) is 0 Å². The number of hydrogen-bond acceptors (Lipinski definition) is 6. The minimum Gasteiger partial charge on any atom is -0.493 e. The zero-order valence-corrected chi connectivity index (χ0v) is 20.6. The molecular formula is C27H19BrN2O3S. The Bertz CT molecular complexity index is 1390. The lowest BCUT2D eigenvalue weighted by Gasteiger charge is -2.11. The van der Waals surface area contributed by atoms with E-state index in [1.807, 2.05) is 53.9 Å². The number of halogens is 1. The lowest BCUT2D eigenvalue weighted by molar-refractivity contribution is 0.0919. The topological polar surface area (TPSA) is 72.2 Å². The van der Waals surface area contributed by atoms with Crippen molar-refractivity contribution in [3.63, 3.8) is 0 Å². The van der Waals surface area contributed by atoms with Crippen molar-refractivity contribution in [3.05, 3.63) is 98.8 Å². The monoisotopic (exact) mass is 530 g/mol. The van der Waals surface area contributed by atoms with E-state index in [0.717, 1.165) is 21.3 Å². The van der Waals surface area contributed by atoms with Gasteiger partial charge in [0.25, 0.3) is 0 Å². The molecule has 5 nitrogen and oxygen atoms in total. The maximum absolute atomic E-state index is 12.3. The van der Waals surface area contributed by atoms with Gasteiger partial charge in [-0.15, -0.1) is 11.3 Å². The van der Waals surface area contributed by atoms with Crippen molar-refractivity contribution < 1.29 is 14.3 Å². The summed E-state index contributed by atoms with van der Waals surface area (Å²) in [4.78, 5) is 17.0. The summed E-state index contributed by atoms with van der Waals surface area (Å²) >= 11 is 4.89. The van der Waals surface area contributed by atoms with Crippen LogP contribution in [0, 0.1) is 11.3 Å². The smallest absolute Gasteiger partial charge is 0.200 e. The van der Waals surface area contributed by atoms with Gasteiger partial charge in [0.1, 0.15) is 11.1 Å². The molecule has 0 bridgehead atoms. The van der Waals surface area contributed by atoms with Crippen LogP contribution in [-0.2, 0) is 0 Å². The summed E-state index contributed by atoms with van der Waals surface area (Å²) in [5.74, 6) is 0.804. The third kappa shape index (κ3) is 5.60. The first-order valence-corrected chi connectivity index (χ1v) is 12.0. The summed E-state index contributed by atoms with van der Waals surface area (Å²) in [6, 6.07) is 24.4. The fraction of sp³-hybridized carbons (Fsp3) is 0.0741. The van der Waals surface area contributed by atoms with Gasteiger partial charge in [-0.05, 0) is 35.9 Å². The molecule has 4 aromatic rings. The summed E-state index contributed by atoms with van der Waals surface area (Å²) in [6.07, 6.45) is 1.75. The number of carbonyl (C=O) groups is 1. The number of hydrogen-bond donors (Lipinski definition) is 0. The molecule has 0 aliphatic heterocycles. The molecule has 1 aromatic heterocycles. The highest BCUT2D eigenvalue weighted by Gasteiger charge is 2.12. The summed E-state index contributed by atoms with van der Waals surface area (Å²) in [5.41, 5.74) is 3.58. The fourth-order valence-corrected chi connectivity index (χ4v) is 4.42. The molecule has 34 heavy (non-hydrogen) atoms. The number of nitriles is 1. The van der Waals surface area contributed by atoms with E-state index >= 15 is 0 Å². The molecule has 0 aliphatic rings. The third-order valence-corrected chi connectivity index (χ3v) is 6.30. The molecule has 1 heterocycles. The van der Waals surface area contributed by atoms with Crippen LogP contribution in [0.3, 0.4) is 0 Å². The fourth-order valence-electron chi connectivity index (χ4n) is 3.23. The van der Waals surface area contributed by atoms with Gasteiger partial charge in [-0.25, -0.2) is 4.98 Å². The molecule has 168 valence electrons. The second-order valence-corrected chi connectivity index (χ2v) is 8.98. The van der Waals surface area contributed by atoms with Gasteiger partial charge in [0.05, 0.1) is 18.4 Å². The van der Waals surface area contributed by atoms with Gasteiger partial charge in [-0.2, -0.15) is 5.26 Å². The summed E-state index contributed by atoms with van der Waals surface area (Å²) < 4.78 is 12.1. The van der Waals surface area contributed by atoms with E-state index in [0.29, 0.717) is 27.6 Å². The first-order chi connectivity index (χ1) is 16.6. The highest BCUT2D eigenvalue weighted by molar-refractivity contribution is 9.10. The Hall–Kier alpha value is -3.73. The quantitative estimate of drug-likeness (QED) is 0.183. The Morgan fingerprint density at radius 3 is 2.65 bits per heavy atom. The molecule has 7 heteroatoms. The van der Waals surface area contributed by atoms with Gasteiger partial charge in [-0.1, -0.05) is 64.5 Å². The highest BCUT2D eigenvalue weighted by Crippen LogP contribution is 2.32. The Kier molecular flexibility index (Phi) is 7.53. The lowest BCUT2D eigenvalue weighted by Crippen LogP contribution is -2.11. The number of carbonyl (C=O) groups excluding carboxylic acids is 1. The molecule has 0 spiro atoms. The van der Waals surface area contributed by atoms with Crippen molar-refractivity contribution in [2.75, 3.05) is 13.7 Å². The van der Waals surface area contributed by atoms with Gasteiger partial charge in [0, 0.05) is 21.0 Å². The summed E-state index contributed by atoms with van der Waals surface area (Å²) in [6.45, 7) is -0.101.